The van der Waals surface area contributed by atoms with Crippen molar-refractivity contribution in [3.8, 4) is 0 Å². The summed E-state index contributed by atoms with van der Waals surface area (Å²) >= 11 is 0. The van der Waals surface area contributed by atoms with Gasteiger partial charge in [-0.1, -0.05) is 12.8 Å². The Kier molecular flexibility index (Phi) is 4.36. The van der Waals surface area contributed by atoms with Gasteiger partial charge in [0.25, 0.3) is 0 Å². The number of carbonyl (C=O) groups is 1. The molecule has 16 heavy (non-hydrogen) atoms. The number of piperidine rings is 1. The summed E-state index contributed by atoms with van der Waals surface area (Å²) in [4.78, 5) is 13.6. The van der Waals surface area contributed by atoms with Crippen LogP contribution in [0.1, 0.15) is 45.4 Å². The maximum absolute atomic E-state index is 11.2. The molecule has 92 valence electrons. The van der Waals surface area contributed by atoms with Crippen molar-refractivity contribution in [2.75, 3.05) is 19.7 Å². The second kappa shape index (κ2) is 5.78. The van der Waals surface area contributed by atoms with Gasteiger partial charge in [-0.25, -0.2) is 0 Å². The van der Waals surface area contributed by atoms with Crippen molar-refractivity contribution < 1.29 is 9.53 Å². The first-order chi connectivity index (χ1) is 7.75. The van der Waals surface area contributed by atoms with E-state index in [4.69, 9.17) is 4.74 Å². The fourth-order valence-corrected chi connectivity index (χ4v) is 2.77. The van der Waals surface area contributed by atoms with Crippen LogP contribution in [0.3, 0.4) is 0 Å². The molecule has 3 nitrogen and oxygen atoms in total. The molecule has 0 aromatic rings. The van der Waals surface area contributed by atoms with Gasteiger partial charge in [0.05, 0.1) is 12.7 Å². The van der Waals surface area contributed by atoms with Crippen LogP contribution >= 0.6 is 0 Å². The van der Waals surface area contributed by atoms with E-state index in [1.54, 1.807) is 0 Å². The maximum Gasteiger partial charge on any atom is 0.135 e. The molecule has 2 fully saturated rings. The highest BCUT2D eigenvalue weighted by atomic mass is 16.5. The number of nitrogens with zero attached hydrogens (tertiary/aromatic N) is 1. The normalized spacial score (nSPS) is 28.8. The quantitative estimate of drug-likeness (QED) is 0.733. The van der Waals surface area contributed by atoms with Gasteiger partial charge in [0.1, 0.15) is 5.78 Å². The minimum absolute atomic E-state index is 0.411. The molecule has 0 bridgehead atoms. The molecule has 0 N–H and O–H groups in total. The van der Waals surface area contributed by atoms with Crippen molar-refractivity contribution in [1.29, 1.82) is 0 Å². The fourth-order valence-electron chi connectivity index (χ4n) is 2.77. The summed E-state index contributed by atoms with van der Waals surface area (Å²) in [5.41, 5.74) is 0. The lowest BCUT2D eigenvalue weighted by molar-refractivity contribution is -0.123. The molecule has 0 radical (unpaired) electrons. The van der Waals surface area contributed by atoms with Gasteiger partial charge >= 0.3 is 0 Å². The molecular weight excluding hydrogens is 202 g/mol. The van der Waals surface area contributed by atoms with Crippen LogP contribution in [0.2, 0.25) is 0 Å². The molecule has 3 heteroatoms. The van der Waals surface area contributed by atoms with Crippen molar-refractivity contribution in [3.63, 3.8) is 0 Å². The summed E-state index contributed by atoms with van der Waals surface area (Å²) in [6, 6.07) is 0.411. The Morgan fingerprint density at radius 2 is 2.12 bits per heavy atom. The molecule has 0 spiro atoms. The average Bonchev–Trinajstić information content (AvgIpc) is 2.74. The Labute approximate surface area is 98.1 Å². The maximum atomic E-state index is 11.2. The number of carbonyl (C=O) groups excluding carboxylic acids is 1. The third-order valence-corrected chi connectivity index (χ3v) is 3.86. The molecule has 1 heterocycles. The number of likely N-dealkylation sites (tertiary alicyclic amines) is 1. The van der Waals surface area contributed by atoms with Gasteiger partial charge < -0.3 is 4.74 Å². The summed E-state index contributed by atoms with van der Waals surface area (Å²) < 4.78 is 5.85. The van der Waals surface area contributed by atoms with Crippen LogP contribution in [0, 0.1) is 0 Å². The zero-order chi connectivity index (χ0) is 11.4. The van der Waals surface area contributed by atoms with Crippen molar-refractivity contribution in [2.45, 2.75) is 57.6 Å². The molecule has 2 aliphatic rings. The van der Waals surface area contributed by atoms with Crippen LogP contribution in [-0.2, 0) is 9.53 Å². The highest BCUT2D eigenvalue weighted by molar-refractivity contribution is 5.79. The van der Waals surface area contributed by atoms with E-state index in [1.807, 2.05) is 0 Å². The van der Waals surface area contributed by atoms with E-state index < -0.39 is 0 Å². The van der Waals surface area contributed by atoms with Crippen LogP contribution < -0.4 is 0 Å². The van der Waals surface area contributed by atoms with E-state index in [0.29, 0.717) is 17.9 Å². The Morgan fingerprint density at radius 3 is 2.81 bits per heavy atom. The van der Waals surface area contributed by atoms with Crippen molar-refractivity contribution in [1.82, 2.24) is 4.90 Å². The summed E-state index contributed by atoms with van der Waals surface area (Å²) in [6.07, 6.45) is 7.12. The summed E-state index contributed by atoms with van der Waals surface area (Å²) in [6.45, 7) is 4.90. The van der Waals surface area contributed by atoms with E-state index in [1.165, 1.54) is 25.7 Å². The van der Waals surface area contributed by atoms with E-state index in [2.05, 4.69) is 11.8 Å². The standard InChI is InChI=1S/C13H23NO2/c1-11-10-12(15)6-7-14(11)8-9-16-13-4-2-3-5-13/h11,13H,2-10H2,1H3. The largest absolute Gasteiger partial charge is 0.377 e. The summed E-state index contributed by atoms with van der Waals surface area (Å²) in [5.74, 6) is 0.417. The van der Waals surface area contributed by atoms with Gasteiger partial charge in [-0.3, -0.25) is 9.69 Å². The zero-order valence-corrected chi connectivity index (χ0v) is 10.3. The molecule has 1 atom stereocenters. The predicted octanol–water partition coefficient (Wildman–Crippen LogP) is 2.00. The molecule has 2 rings (SSSR count). The van der Waals surface area contributed by atoms with Crippen molar-refractivity contribution >= 4 is 5.78 Å². The highest BCUT2D eigenvalue weighted by Crippen LogP contribution is 2.21. The van der Waals surface area contributed by atoms with Gasteiger partial charge in [-0.2, -0.15) is 0 Å². The van der Waals surface area contributed by atoms with Crippen LogP contribution in [0.25, 0.3) is 0 Å². The Balaban J connectivity index is 1.63. The zero-order valence-electron chi connectivity index (χ0n) is 10.3. The Hall–Kier alpha value is -0.410. The second-order valence-corrected chi connectivity index (χ2v) is 5.16. The highest BCUT2D eigenvalue weighted by Gasteiger charge is 2.23. The SMILES string of the molecule is CC1CC(=O)CCN1CCOC1CCCC1. The third-order valence-electron chi connectivity index (χ3n) is 3.86. The number of hydrogen-bond acceptors (Lipinski definition) is 3. The fraction of sp³-hybridized carbons (Fsp3) is 0.923. The predicted molar refractivity (Wildman–Crippen MR) is 63.5 cm³/mol. The Morgan fingerprint density at radius 1 is 1.38 bits per heavy atom. The first-order valence-electron chi connectivity index (χ1n) is 6.63. The van der Waals surface area contributed by atoms with E-state index in [0.717, 1.165) is 32.5 Å². The van der Waals surface area contributed by atoms with Gasteiger partial charge in [-0.15, -0.1) is 0 Å². The van der Waals surface area contributed by atoms with Gasteiger partial charge in [0.2, 0.25) is 0 Å². The molecule has 1 saturated carbocycles. The average molecular weight is 225 g/mol. The number of Topliss-reactive ketones (excluding diaryl/α,β-unsaturated/α-hetero) is 1. The van der Waals surface area contributed by atoms with E-state index in [9.17, 15) is 4.79 Å². The monoisotopic (exact) mass is 225 g/mol. The molecule has 1 aliphatic carbocycles. The third kappa shape index (κ3) is 3.29. The second-order valence-electron chi connectivity index (χ2n) is 5.16. The molecule has 1 aliphatic heterocycles. The number of rotatable bonds is 4. The number of ketones is 1. The van der Waals surface area contributed by atoms with Gasteiger partial charge in [0, 0.05) is 32.0 Å². The van der Waals surface area contributed by atoms with Crippen LogP contribution in [0.15, 0.2) is 0 Å². The minimum atomic E-state index is 0.411. The first-order valence-corrected chi connectivity index (χ1v) is 6.63. The van der Waals surface area contributed by atoms with Crippen LogP contribution in [0.5, 0.6) is 0 Å². The molecule has 0 aromatic carbocycles. The van der Waals surface area contributed by atoms with Gasteiger partial charge in [-0.05, 0) is 19.8 Å². The lowest BCUT2D eigenvalue weighted by Gasteiger charge is -2.32. The molecule has 0 amide bonds. The van der Waals surface area contributed by atoms with Crippen LogP contribution in [0.4, 0.5) is 0 Å². The van der Waals surface area contributed by atoms with Crippen molar-refractivity contribution in [3.05, 3.63) is 0 Å². The molecule has 0 aromatic heterocycles. The first kappa shape index (κ1) is 12.1. The summed E-state index contributed by atoms with van der Waals surface area (Å²) in [7, 11) is 0. The van der Waals surface area contributed by atoms with E-state index in [-0.39, 0.29) is 0 Å². The number of ether oxygens (including phenoxy) is 1. The van der Waals surface area contributed by atoms with E-state index >= 15 is 0 Å². The Bertz CT molecular complexity index is 236. The topological polar surface area (TPSA) is 29.5 Å². The smallest absolute Gasteiger partial charge is 0.135 e. The van der Waals surface area contributed by atoms with Crippen molar-refractivity contribution in [2.24, 2.45) is 0 Å². The number of hydrogen-bond donors (Lipinski definition) is 0. The molecule has 1 unspecified atom stereocenters. The lowest BCUT2D eigenvalue weighted by Crippen LogP contribution is -2.42. The molecular formula is C13H23NO2. The lowest BCUT2D eigenvalue weighted by atomic mass is 10.0. The summed E-state index contributed by atoms with van der Waals surface area (Å²) in [5, 5.41) is 0. The minimum Gasteiger partial charge on any atom is -0.377 e. The van der Waals surface area contributed by atoms with Gasteiger partial charge in [0.15, 0.2) is 0 Å². The molecule has 1 saturated heterocycles. The van der Waals surface area contributed by atoms with Crippen LogP contribution in [-0.4, -0.2) is 42.5 Å².